The Kier molecular flexibility index (Phi) is 7.23. The summed E-state index contributed by atoms with van der Waals surface area (Å²) in [5, 5.41) is 0. The summed E-state index contributed by atoms with van der Waals surface area (Å²) < 4.78 is 16.4. The van der Waals surface area contributed by atoms with Gasteiger partial charge in [-0.2, -0.15) is 0 Å². The van der Waals surface area contributed by atoms with Gasteiger partial charge in [0, 0.05) is 18.8 Å². The number of methoxy groups -OCH3 is 1. The lowest BCUT2D eigenvalue weighted by molar-refractivity contribution is 0.109. The summed E-state index contributed by atoms with van der Waals surface area (Å²) in [5.74, 6) is 1.45. The number of nitrogens with one attached hydrogen (secondary N) is 2. The number of benzene rings is 2. The van der Waals surface area contributed by atoms with Crippen LogP contribution in [0.15, 0.2) is 48.5 Å². The first-order valence-corrected chi connectivity index (χ1v) is 7.75. The van der Waals surface area contributed by atoms with Gasteiger partial charge in [-0.25, -0.2) is 5.43 Å². The van der Waals surface area contributed by atoms with Crippen LogP contribution in [0, 0.1) is 0 Å². The van der Waals surface area contributed by atoms with Crippen molar-refractivity contribution in [1.29, 1.82) is 0 Å². The molecule has 0 bridgehead atoms. The highest BCUT2D eigenvalue weighted by Gasteiger charge is 2.06. The Labute approximate surface area is 137 Å². The quantitative estimate of drug-likeness (QED) is 0.521. The van der Waals surface area contributed by atoms with Crippen LogP contribution in [0.4, 0.5) is 5.69 Å². The first-order chi connectivity index (χ1) is 11.3. The van der Waals surface area contributed by atoms with Gasteiger partial charge in [-0.15, -0.1) is 0 Å². The predicted octanol–water partition coefficient (Wildman–Crippen LogP) is 3.23. The Balaban J connectivity index is 1.88. The highest BCUT2D eigenvalue weighted by atomic mass is 16.5. The number of hydrogen-bond acceptors (Lipinski definition) is 5. The van der Waals surface area contributed by atoms with Crippen molar-refractivity contribution in [3.63, 3.8) is 0 Å². The Morgan fingerprint density at radius 3 is 2.52 bits per heavy atom. The van der Waals surface area contributed by atoms with E-state index in [1.165, 1.54) is 0 Å². The maximum absolute atomic E-state index is 5.74. The largest absolute Gasteiger partial charge is 0.493 e. The molecule has 0 aromatic heterocycles. The topological polar surface area (TPSA) is 51.8 Å². The van der Waals surface area contributed by atoms with Crippen LogP contribution in [0.5, 0.6) is 11.5 Å². The van der Waals surface area contributed by atoms with Gasteiger partial charge in [-0.1, -0.05) is 24.3 Å². The van der Waals surface area contributed by atoms with E-state index >= 15 is 0 Å². The number of rotatable bonds is 10. The van der Waals surface area contributed by atoms with Crippen molar-refractivity contribution in [2.24, 2.45) is 0 Å². The fourth-order valence-corrected chi connectivity index (χ4v) is 2.07. The molecule has 5 heteroatoms. The van der Waals surface area contributed by atoms with E-state index in [4.69, 9.17) is 14.2 Å². The molecule has 0 amide bonds. The minimum Gasteiger partial charge on any atom is -0.493 e. The van der Waals surface area contributed by atoms with E-state index in [0.29, 0.717) is 26.4 Å². The van der Waals surface area contributed by atoms with Gasteiger partial charge in [0.2, 0.25) is 0 Å². The third kappa shape index (κ3) is 5.81. The lowest BCUT2D eigenvalue weighted by Gasteiger charge is -2.13. The van der Waals surface area contributed by atoms with Crippen molar-refractivity contribution in [1.82, 2.24) is 5.43 Å². The van der Waals surface area contributed by atoms with Crippen LogP contribution in [-0.4, -0.2) is 26.9 Å². The van der Waals surface area contributed by atoms with Crippen molar-refractivity contribution in [2.75, 3.05) is 32.4 Å². The molecule has 0 saturated heterocycles. The SMILES string of the molecule is CCOCCOc1cc(CNNc2ccccc2)ccc1OC. The second-order valence-electron chi connectivity index (χ2n) is 4.88. The summed E-state index contributed by atoms with van der Waals surface area (Å²) in [7, 11) is 1.64. The van der Waals surface area contributed by atoms with Gasteiger partial charge in [-0.3, -0.25) is 0 Å². The molecule has 2 aromatic rings. The molecule has 0 aliphatic rings. The van der Waals surface area contributed by atoms with Crippen LogP contribution in [0.3, 0.4) is 0 Å². The molecule has 0 fully saturated rings. The summed E-state index contributed by atoms with van der Waals surface area (Å²) in [6.45, 7) is 4.39. The van der Waals surface area contributed by atoms with Crippen molar-refractivity contribution >= 4 is 5.69 Å². The standard InChI is InChI=1S/C18H24N2O3/c1-3-22-11-12-23-18-13-15(9-10-17(18)21-2)14-19-20-16-7-5-4-6-8-16/h4-10,13,19-20H,3,11-12,14H2,1-2H3. The number of ether oxygens (including phenoxy) is 3. The average Bonchev–Trinajstić information content (AvgIpc) is 2.60. The maximum Gasteiger partial charge on any atom is 0.161 e. The van der Waals surface area contributed by atoms with E-state index in [1.54, 1.807) is 7.11 Å². The van der Waals surface area contributed by atoms with Gasteiger partial charge in [0.05, 0.1) is 13.7 Å². The number of hydrazine groups is 1. The summed E-state index contributed by atoms with van der Waals surface area (Å²) in [4.78, 5) is 0. The fraction of sp³-hybridized carbons (Fsp3) is 0.333. The van der Waals surface area contributed by atoms with E-state index in [2.05, 4.69) is 10.9 Å². The van der Waals surface area contributed by atoms with Gasteiger partial charge >= 0.3 is 0 Å². The molecule has 0 aliphatic carbocycles. The molecule has 0 radical (unpaired) electrons. The minimum absolute atomic E-state index is 0.503. The monoisotopic (exact) mass is 316 g/mol. The van der Waals surface area contributed by atoms with Crippen LogP contribution >= 0.6 is 0 Å². The molecule has 2 aromatic carbocycles. The summed E-state index contributed by atoms with van der Waals surface area (Å²) >= 11 is 0. The number of anilines is 1. The highest BCUT2D eigenvalue weighted by Crippen LogP contribution is 2.28. The van der Waals surface area contributed by atoms with Gasteiger partial charge < -0.3 is 19.6 Å². The van der Waals surface area contributed by atoms with Crippen molar-refractivity contribution < 1.29 is 14.2 Å². The molecule has 2 N–H and O–H groups in total. The van der Waals surface area contributed by atoms with Crippen LogP contribution < -0.4 is 20.3 Å². The molecule has 0 unspecified atom stereocenters. The predicted molar refractivity (Wildman–Crippen MR) is 91.9 cm³/mol. The lowest BCUT2D eigenvalue weighted by Crippen LogP contribution is -2.20. The van der Waals surface area contributed by atoms with Gasteiger partial charge in [0.1, 0.15) is 6.61 Å². The van der Waals surface area contributed by atoms with E-state index in [-0.39, 0.29) is 0 Å². The minimum atomic E-state index is 0.503. The van der Waals surface area contributed by atoms with Gasteiger partial charge in [-0.05, 0) is 36.8 Å². The molecule has 124 valence electrons. The maximum atomic E-state index is 5.74. The summed E-state index contributed by atoms with van der Waals surface area (Å²) in [6.07, 6.45) is 0. The van der Waals surface area contributed by atoms with Crippen molar-refractivity contribution in [3.8, 4) is 11.5 Å². The lowest BCUT2D eigenvalue weighted by atomic mass is 10.2. The van der Waals surface area contributed by atoms with E-state index < -0.39 is 0 Å². The van der Waals surface area contributed by atoms with Gasteiger partial charge in [0.25, 0.3) is 0 Å². The molecular weight excluding hydrogens is 292 g/mol. The molecule has 5 nitrogen and oxygen atoms in total. The Morgan fingerprint density at radius 2 is 1.78 bits per heavy atom. The molecular formula is C18H24N2O3. The third-order valence-corrected chi connectivity index (χ3v) is 3.22. The second-order valence-corrected chi connectivity index (χ2v) is 4.88. The van der Waals surface area contributed by atoms with E-state index in [1.807, 2.05) is 55.5 Å². The number of para-hydroxylation sites is 1. The Morgan fingerprint density at radius 1 is 0.957 bits per heavy atom. The van der Waals surface area contributed by atoms with Crippen molar-refractivity contribution in [3.05, 3.63) is 54.1 Å². The molecule has 0 atom stereocenters. The van der Waals surface area contributed by atoms with E-state index in [0.717, 1.165) is 22.7 Å². The summed E-state index contributed by atoms with van der Waals surface area (Å²) in [5.41, 5.74) is 8.47. The van der Waals surface area contributed by atoms with Crippen LogP contribution in [0.2, 0.25) is 0 Å². The first-order valence-electron chi connectivity index (χ1n) is 7.75. The highest BCUT2D eigenvalue weighted by molar-refractivity contribution is 5.44. The zero-order valence-corrected chi connectivity index (χ0v) is 13.7. The molecule has 0 spiro atoms. The Bertz CT molecular complexity index is 576. The molecule has 2 rings (SSSR count). The van der Waals surface area contributed by atoms with Crippen molar-refractivity contribution in [2.45, 2.75) is 13.5 Å². The fourth-order valence-electron chi connectivity index (χ4n) is 2.07. The molecule has 0 saturated carbocycles. The van der Waals surface area contributed by atoms with Crippen LogP contribution in [0.1, 0.15) is 12.5 Å². The zero-order valence-electron chi connectivity index (χ0n) is 13.7. The Hall–Kier alpha value is -2.24. The van der Waals surface area contributed by atoms with Gasteiger partial charge in [0.15, 0.2) is 11.5 Å². The first kappa shape index (κ1) is 17.1. The smallest absolute Gasteiger partial charge is 0.161 e. The zero-order chi connectivity index (χ0) is 16.3. The van der Waals surface area contributed by atoms with Crippen LogP contribution in [-0.2, 0) is 11.3 Å². The second kappa shape index (κ2) is 9.71. The average molecular weight is 316 g/mol. The van der Waals surface area contributed by atoms with E-state index in [9.17, 15) is 0 Å². The normalized spacial score (nSPS) is 10.3. The number of hydrogen-bond donors (Lipinski definition) is 2. The van der Waals surface area contributed by atoms with Crippen LogP contribution in [0.25, 0.3) is 0 Å². The molecule has 23 heavy (non-hydrogen) atoms. The third-order valence-electron chi connectivity index (χ3n) is 3.22. The molecule has 0 heterocycles. The summed E-state index contributed by atoms with van der Waals surface area (Å²) in [6, 6.07) is 15.9. The molecule has 0 aliphatic heterocycles.